The molecule has 4 heteroatoms. The van der Waals surface area contributed by atoms with Gasteiger partial charge >= 0.3 is 5.97 Å². The first-order valence-corrected chi connectivity index (χ1v) is 5.98. The SMILES string of the molecule is COc1cccc(N[C@H]2OC(=O)c3ccccc32)c1. The molecule has 1 N–H and O–H groups in total. The summed E-state index contributed by atoms with van der Waals surface area (Å²) in [6.45, 7) is 0. The average molecular weight is 255 g/mol. The fourth-order valence-electron chi connectivity index (χ4n) is 2.12. The van der Waals surface area contributed by atoms with E-state index in [0.29, 0.717) is 5.56 Å². The van der Waals surface area contributed by atoms with E-state index < -0.39 is 6.23 Å². The number of nitrogens with one attached hydrogen (secondary N) is 1. The van der Waals surface area contributed by atoms with Gasteiger partial charge in [-0.15, -0.1) is 0 Å². The van der Waals surface area contributed by atoms with Crippen LogP contribution in [0.15, 0.2) is 48.5 Å². The van der Waals surface area contributed by atoms with Gasteiger partial charge in [0.1, 0.15) is 5.75 Å². The lowest BCUT2D eigenvalue weighted by molar-refractivity contribution is 0.0437. The summed E-state index contributed by atoms with van der Waals surface area (Å²) in [7, 11) is 1.62. The molecule has 4 nitrogen and oxygen atoms in total. The van der Waals surface area contributed by atoms with Gasteiger partial charge < -0.3 is 14.8 Å². The number of fused-ring (bicyclic) bond motifs is 1. The lowest BCUT2D eigenvalue weighted by Gasteiger charge is -2.14. The van der Waals surface area contributed by atoms with Crippen LogP contribution >= 0.6 is 0 Å². The minimum absolute atomic E-state index is 0.295. The lowest BCUT2D eigenvalue weighted by Crippen LogP contribution is -2.10. The van der Waals surface area contributed by atoms with Crippen molar-refractivity contribution in [2.24, 2.45) is 0 Å². The Balaban J connectivity index is 1.87. The maximum absolute atomic E-state index is 11.7. The van der Waals surface area contributed by atoms with Gasteiger partial charge in [-0.3, -0.25) is 0 Å². The van der Waals surface area contributed by atoms with Crippen molar-refractivity contribution >= 4 is 11.7 Å². The second-order valence-corrected chi connectivity index (χ2v) is 4.25. The summed E-state index contributed by atoms with van der Waals surface area (Å²) in [5.41, 5.74) is 2.31. The molecule has 0 aliphatic carbocycles. The van der Waals surface area contributed by atoms with Crippen LogP contribution in [0, 0.1) is 0 Å². The lowest BCUT2D eigenvalue weighted by atomic mass is 10.1. The number of anilines is 1. The number of hydrogen-bond donors (Lipinski definition) is 1. The molecule has 0 spiro atoms. The Hall–Kier alpha value is -2.49. The van der Waals surface area contributed by atoms with Crippen molar-refractivity contribution in [1.82, 2.24) is 0 Å². The minimum Gasteiger partial charge on any atom is -0.497 e. The van der Waals surface area contributed by atoms with Gasteiger partial charge in [0.15, 0.2) is 0 Å². The number of cyclic esters (lactones) is 1. The number of esters is 1. The molecule has 0 fully saturated rings. The van der Waals surface area contributed by atoms with E-state index in [2.05, 4.69) is 5.32 Å². The van der Waals surface area contributed by atoms with Crippen LogP contribution in [0.5, 0.6) is 5.75 Å². The van der Waals surface area contributed by atoms with Crippen molar-refractivity contribution in [2.45, 2.75) is 6.23 Å². The van der Waals surface area contributed by atoms with Crippen molar-refractivity contribution in [3.05, 3.63) is 59.7 Å². The first kappa shape index (κ1) is 11.6. The zero-order valence-corrected chi connectivity index (χ0v) is 10.4. The predicted octanol–water partition coefficient (Wildman–Crippen LogP) is 2.98. The second-order valence-electron chi connectivity index (χ2n) is 4.25. The number of hydrogen-bond acceptors (Lipinski definition) is 4. The zero-order valence-electron chi connectivity index (χ0n) is 10.4. The number of carbonyl (C=O) groups is 1. The monoisotopic (exact) mass is 255 g/mol. The van der Waals surface area contributed by atoms with E-state index in [1.807, 2.05) is 42.5 Å². The van der Waals surface area contributed by atoms with Gasteiger partial charge in [0.2, 0.25) is 6.23 Å². The maximum atomic E-state index is 11.7. The molecule has 19 heavy (non-hydrogen) atoms. The molecular formula is C15H13NO3. The molecule has 1 atom stereocenters. The van der Waals surface area contributed by atoms with Crippen molar-refractivity contribution in [3.63, 3.8) is 0 Å². The highest BCUT2D eigenvalue weighted by atomic mass is 16.6. The predicted molar refractivity (Wildman–Crippen MR) is 71.2 cm³/mol. The van der Waals surface area contributed by atoms with Gasteiger partial charge in [-0.1, -0.05) is 24.3 Å². The van der Waals surface area contributed by atoms with Crippen molar-refractivity contribution in [3.8, 4) is 5.75 Å². The highest BCUT2D eigenvalue weighted by Crippen LogP contribution is 2.31. The van der Waals surface area contributed by atoms with Gasteiger partial charge in [0.25, 0.3) is 0 Å². The molecule has 96 valence electrons. The van der Waals surface area contributed by atoms with E-state index in [-0.39, 0.29) is 5.97 Å². The van der Waals surface area contributed by atoms with Gasteiger partial charge in [0, 0.05) is 17.3 Å². The summed E-state index contributed by atoms with van der Waals surface area (Å²) < 4.78 is 10.5. The number of benzene rings is 2. The molecule has 0 saturated heterocycles. The van der Waals surface area contributed by atoms with Crippen LogP contribution < -0.4 is 10.1 Å². The molecule has 2 aromatic carbocycles. The Morgan fingerprint density at radius 1 is 1.16 bits per heavy atom. The summed E-state index contributed by atoms with van der Waals surface area (Å²) >= 11 is 0. The topological polar surface area (TPSA) is 47.6 Å². The highest BCUT2D eigenvalue weighted by molar-refractivity contribution is 5.94. The van der Waals surface area contributed by atoms with E-state index in [1.165, 1.54) is 0 Å². The smallest absolute Gasteiger partial charge is 0.340 e. The second kappa shape index (κ2) is 4.65. The normalized spacial score (nSPS) is 16.7. The number of carbonyl (C=O) groups excluding carboxylic acids is 1. The number of ether oxygens (including phenoxy) is 2. The van der Waals surface area contributed by atoms with E-state index in [0.717, 1.165) is 17.0 Å². The van der Waals surface area contributed by atoms with Crippen molar-refractivity contribution in [2.75, 3.05) is 12.4 Å². The zero-order chi connectivity index (χ0) is 13.2. The molecule has 2 aromatic rings. The summed E-state index contributed by atoms with van der Waals surface area (Å²) in [6.07, 6.45) is -0.448. The largest absolute Gasteiger partial charge is 0.497 e. The van der Waals surface area contributed by atoms with Crippen LogP contribution in [0.2, 0.25) is 0 Å². The average Bonchev–Trinajstić information content (AvgIpc) is 2.76. The van der Waals surface area contributed by atoms with Gasteiger partial charge in [0.05, 0.1) is 12.7 Å². The third kappa shape index (κ3) is 2.12. The van der Waals surface area contributed by atoms with Crippen LogP contribution in [0.25, 0.3) is 0 Å². The number of methoxy groups -OCH3 is 1. The molecule has 1 aliphatic heterocycles. The Kier molecular flexibility index (Phi) is 2.83. The molecule has 0 amide bonds. The molecule has 0 unspecified atom stereocenters. The van der Waals surface area contributed by atoms with Crippen molar-refractivity contribution < 1.29 is 14.3 Å². The van der Waals surface area contributed by atoms with Gasteiger partial charge in [-0.25, -0.2) is 4.79 Å². The maximum Gasteiger partial charge on any atom is 0.340 e. The van der Waals surface area contributed by atoms with E-state index in [4.69, 9.17) is 9.47 Å². The Bertz CT molecular complexity index is 624. The number of rotatable bonds is 3. The third-order valence-electron chi connectivity index (χ3n) is 3.06. The molecule has 0 radical (unpaired) electrons. The van der Waals surface area contributed by atoms with Gasteiger partial charge in [-0.2, -0.15) is 0 Å². The summed E-state index contributed by atoms with van der Waals surface area (Å²) in [4.78, 5) is 11.7. The van der Waals surface area contributed by atoms with E-state index in [9.17, 15) is 4.79 Å². The molecule has 1 aliphatic rings. The highest BCUT2D eigenvalue weighted by Gasteiger charge is 2.30. The summed E-state index contributed by atoms with van der Waals surface area (Å²) in [6, 6.07) is 14.9. The Morgan fingerprint density at radius 3 is 2.84 bits per heavy atom. The standard InChI is InChI=1S/C15H13NO3/c1-18-11-6-4-5-10(9-11)16-14-12-7-2-3-8-13(12)15(17)19-14/h2-9,14,16H,1H3/t14-/m0/s1. The fraction of sp³-hybridized carbons (Fsp3) is 0.133. The first-order chi connectivity index (χ1) is 9.28. The van der Waals surface area contributed by atoms with Crippen LogP contribution in [-0.2, 0) is 4.74 Å². The minimum atomic E-state index is -0.448. The fourth-order valence-corrected chi connectivity index (χ4v) is 2.12. The summed E-state index contributed by atoms with van der Waals surface area (Å²) in [5, 5.41) is 3.18. The summed E-state index contributed by atoms with van der Waals surface area (Å²) in [5.74, 6) is 0.457. The van der Waals surface area contributed by atoms with Gasteiger partial charge in [-0.05, 0) is 18.2 Å². The van der Waals surface area contributed by atoms with Crippen LogP contribution in [0.3, 0.4) is 0 Å². The Labute approximate surface area is 111 Å². The van der Waals surface area contributed by atoms with E-state index >= 15 is 0 Å². The molecule has 3 rings (SSSR count). The van der Waals surface area contributed by atoms with Crippen LogP contribution in [0.4, 0.5) is 5.69 Å². The molecule has 0 bridgehead atoms. The molecule has 0 aromatic heterocycles. The van der Waals surface area contributed by atoms with Crippen LogP contribution in [0.1, 0.15) is 22.1 Å². The third-order valence-corrected chi connectivity index (χ3v) is 3.06. The quantitative estimate of drug-likeness (QED) is 0.856. The molecule has 1 heterocycles. The van der Waals surface area contributed by atoms with E-state index in [1.54, 1.807) is 13.2 Å². The van der Waals surface area contributed by atoms with Crippen LogP contribution in [-0.4, -0.2) is 13.1 Å². The van der Waals surface area contributed by atoms with Crippen molar-refractivity contribution in [1.29, 1.82) is 0 Å². The molecule has 0 saturated carbocycles. The first-order valence-electron chi connectivity index (χ1n) is 5.98. The Morgan fingerprint density at radius 2 is 2.00 bits per heavy atom. The molecular weight excluding hydrogens is 242 g/mol.